The van der Waals surface area contributed by atoms with E-state index in [0.717, 1.165) is 23.3 Å². The SMILES string of the molecule is CC(C)c1ccc(COc2c(F)cc(C(C(=N)c3ccncc3)C3=NCCNC3=O)cc2F)cc1. The first kappa shape index (κ1) is 24.2. The second-order valence-corrected chi connectivity index (χ2v) is 8.60. The van der Waals surface area contributed by atoms with Crippen molar-refractivity contribution in [1.82, 2.24) is 10.3 Å². The Kier molecular flexibility index (Phi) is 7.29. The molecule has 2 heterocycles. The number of benzene rings is 2. The summed E-state index contributed by atoms with van der Waals surface area (Å²) in [5, 5.41) is 11.4. The van der Waals surface area contributed by atoms with Gasteiger partial charge in [-0.05, 0) is 52.4 Å². The molecule has 0 spiro atoms. The van der Waals surface area contributed by atoms with Crippen molar-refractivity contribution in [2.75, 3.05) is 13.1 Å². The maximum absolute atomic E-state index is 15.1. The highest BCUT2D eigenvalue weighted by Crippen LogP contribution is 2.31. The topological polar surface area (TPSA) is 87.4 Å². The van der Waals surface area contributed by atoms with E-state index in [-0.39, 0.29) is 23.6 Å². The van der Waals surface area contributed by atoms with Crippen molar-refractivity contribution in [2.24, 2.45) is 4.99 Å². The van der Waals surface area contributed by atoms with Crippen molar-refractivity contribution in [3.05, 3.63) is 94.8 Å². The summed E-state index contributed by atoms with van der Waals surface area (Å²) in [4.78, 5) is 20.8. The number of rotatable bonds is 8. The molecule has 4 rings (SSSR count). The Bertz CT molecular complexity index is 1230. The molecule has 1 aromatic heterocycles. The van der Waals surface area contributed by atoms with Crippen molar-refractivity contribution in [3.63, 3.8) is 0 Å². The van der Waals surface area contributed by atoms with Crippen LogP contribution >= 0.6 is 0 Å². The fourth-order valence-corrected chi connectivity index (χ4v) is 3.93. The number of carbonyl (C=O) groups is 1. The van der Waals surface area contributed by atoms with Crippen LogP contribution in [0, 0.1) is 17.0 Å². The van der Waals surface area contributed by atoms with Gasteiger partial charge in [0, 0.05) is 18.9 Å². The van der Waals surface area contributed by atoms with Crippen LogP contribution in [-0.2, 0) is 11.4 Å². The van der Waals surface area contributed by atoms with Gasteiger partial charge in [0.25, 0.3) is 5.91 Å². The average Bonchev–Trinajstić information content (AvgIpc) is 2.85. The zero-order valence-electron chi connectivity index (χ0n) is 19.5. The molecule has 6 nitrogen and oxygen atoms in total. The van der Waals surface area contributed by atoms with Crippen LogP contribution in [0.2, 0.25) is 0 Å². The van der Waals surface area contributed by atoms with Crippen molar-refractivity contribution in [3.8, 4) is 5.75 Å². The normalized spacial score (nSPS) is 14.3. The predicted octanol–water partition coefficient (Wildman–Crippen LogP) is 4.78. The van der Waals surface area contributed by atoms with E-state index in [1.54, 1.807) is 12.1 Å². The Morgan fingerprint density at radius 2 is 1.71 bits per heavy atom. The minimum atomic E-state index is -1.06. The van der Waals surface area contributed by atoms with E-state index in [4.69, 9.17) is 10.1 Å². The lowest BCUT2D eigenvalue weighted by atomic mass is 9.85. The van der Waals surface area contributed by atoms with E-state index in [1.165, 1.54) is 12.4 Å². The average molecular weight is 477 g/mol. The monoisotopic (exact) mass is 476 g/mol. The van der Waals surface area contributed by atoms with E-state index >= 15 is 8.78 Å². The minimum Gasteiger partial charge on any atom is -0.483 e. The predicted molar refractivity (Wildman–Crippen MR) is 130 cm³/mol. The second kappa shape index (κ2) is 10.5. The molecule has 0 saturated carbocycles. The molecule has 1 atom stereocenters. The molecular formula is C27H26F2N4O2. The molecule has 1 aliphatic heterocycles. The minimum absolute atomic E-state index is 0.00304. The van der Waals surface area contributed by atoms with Crippen LogP contribution in [0.3, 0.4) is 0 Å². The summed E-state index contributed by atoms with van der Waals surface area (Å²) in [5.74, 6) is -3.48. The third kappa shape index (κ3) is 5.42. The molecule has 1 amide bonds. The van der Waals surface area contributed by atoms with Gasteiger partial charge in [0.1, 0.15) is 12.3 Å². The number of hydrogen-bond acceptors (Lipinski definition) is 5. The van der Waals surface area contributed by atoms with Gasteiger partial charge in [0.2, 0.25) is 0 Å². The van der Waals surface area contributed by atoms with Crippen LogP contribution < -0.4 is 10.1 Å². The largest absolute Gasteiger partial charge is 0.483 e. The van der Waals surface area contributed by atoms with Crippen molar-refractivity contribution >= 4 is 17.3 Å². The Balaban J connectivity index is 1.64. The van der Waals surface area contributed by atoms with E-state index in [2.05, 4.69) is 29.1 Å². The molecule has 0 aliphatic carbocycles. The lowest BCUT2D eigenvalue weighted by molar-refractivity contribution is -0.115. The third-order valence-electron chi connectivity index (χ3n) is 5.85. The Morgan fingerprint density at radius 1 is 1.06 bits per heavy atom. The van der Waals surface area contributed by atoms with Crippen LogP contribution in [0.4, 0.5) is 8.78 Å². The number of pyridine rings is 1. The molecule has 0 fully saturated rings. The number of aliphatic imine (C=N–C) groups is 1. The molecule has 8 heteroatoms. The van der Waals surface area contributed by atoms with Crippen LogP contribution in [0.15, 0.2) is 65.9 Å². The molecule has 0 bridgehead atoms. The van der Waals surface area contributed by atoms with Gasteiger partial charge in [-0.2, -0.15) is 0 Å². The number of nitrogens with zero attached hydrogens (tertiary/aromatic N) is 2. The number of halogens is 2. The molecule has 1 aliphatic rings. The summed E-state index contributed by atoms with van der Waals surface area (Å²) in [6.07, 6.45) is 3.02. The summed E-state index contributed by atoms with van der Waals surface area (Å²) >= 11 is 0. The van der Waals surface area contributed by atoms with Crippen molar-refractivity contribution in [1.29, 1.82) is 5.41 Å². The van der Waals surface area contributed by atoms with Gasteiger partial charge in [-0.15, -0.1) is 0 Å². The summed E-state index contributed by atoms with van der Waals surface area (Å²) in [7, 11) is 0. The van der Waals surface area contributed by atoms with E-state index in [0.29, 0.717) is 24.6 Å². The highest BCUT2D eigenvalue weighted by molar-refractivity contribution is 6.46. The number of ether oxygens (including phenoxy) is 1. The molecule has 3 aromatic rings. The van der Waals surface area contributed by atoms with Gasteiger partial charge in [-0.25, -0.2) is 8.78 Å². The highest BCUT2D eigenvalue weighted by Gasteiger charge is 2.32. The summed E-state index contributed by atoms with van der Waals surface area (Å²) in [6.45, 7) is 4.86. The van der Waals surface area contributed by atoms with Crippen LogP contribution in [0.25, 0.3) is 0 Å². The second-order valence-electron chi connectivity index (χ2n) is 8.60. The number of carbonyl (C=O) groups excluding carboxylic acids is 1. The quantitative estimate of drug-likeness (QED) is 0.459. The third-order valence-corrected chi connectivity index (χ3v) is 5.85. The molecule has 1 unspecified atom stereocenters. The van der Waals surface area contributed by atoms with Gasteiger partial charge >= 0.3 is 0 Å². The Hall–Kier alpha value is -3.94. The number of amides is 1. The number of hydrogen-bond donors (Lipinski definition) is 2. The number of nitrogens with one attached hydrogen (secondary N) is 2. The Morgan fingerprint density at radius 3 is 2.31 bits per heavy atom. The Labute approximate surface area is 202 Å². The molecule has 2 N–H and O–H groups in total. The van der Waals surface area contributed by atoms with Gasteiger partial charge < -0.3 is 15.5 Å². The first-order chi connectivity index (χ1) is 16.8. The molecule has 180 valence electrons. The van der Waals surface area contributed by atoms with E-state index in [9.17, 15) is 4.79 Å². The zero-order valence-corrected chi connectivity index (χ0v) is 19.5. The first-order valence-corrected chi connectivity index (χ1v) is 11.4. The smallest absolute Gasteiger partial charge is 0.266 e. The number of aromatic nitrogens is 1. The van der Waals surface area contributed by atoms with Crippen molar-refractivity contribution < 1.29 is 18.3 Å². The lowest BCUT2D eigenvalue weighted by Gasteiger charge is -2.24. The maximum atomic E-state index is 15.1. The summed E-state index contributed by atoms with van der Waals surface area (Å²) in [5.41, 5.74) is 2.54. The van der Waals surface area contributed by atoms with Gasteiger partial charge in [-0.3, -0.25) is 14.8 Å². The maximum Gasteiger partial charge on any atom is 0.266 e. The molecule has 0 saturated heterocycles. The van der Waals surface area contributed by atoms with E-state index in [1.807, 2.05) is 24.3 Å². The summed E-state index contributed by atoms with van der Waals surface area (Å²) in [6, 6.07) is 13.1. The van der Waals surface area contributed by atoms with E-state index < -0.39 is 29.2 Å². The lowest BCUT2D eigenvalue weighted by Crippen LogP contribution is -2.42. The molecular weight excluding hydrogens is 450 g/mol. The van der Waals surface area contributed by atoms with Crippen LogP contribution in [0.5, 0.6) is 5.75 Å². The zero-order chi connectivity index (χ0) is 24.9. The first-order valence-electron chi connectivity index (χ1n) is 11.4. The van der Waals surface area contributed by atoms with Crippen LogP contribution in [-0.4, -0.2) is 35.4 Å². The highest BCUT2D eigenvalue weighted by atomic mass is 19.1. The molecule has 2 aromatic carbocycles. The van der Waals surface area contributed by atoms with Gasteiger partial charge in [0.15, 0.2) is 17.4 Å². The van der Waals surface area contributed by atoms with Gasteiger partial charge in [-0.1, -0.05) is 38.1 Å². The fourth-order valence-electron chi connectivity index (χ4n) is 3.93. The summed E-state index contributed by atoms with van der Waals surface area (Å²) < 4.78 is 35.7. The van der Waals surface area contributed by atoms with Gasteiger partial charge in [0.05, 0.1) is 18.2 Å². The van der Waals surface area contributed by atoms with Crippen LogP contribution in [0.1, 0.15) is 47.9 Å². The standard InChI is InChI=1S/C27H26F2N4O2/c1-16(2)18-5-3-17(4-6-18)15-35-26-21(28)13-20(14-22(26)29)23(25-27(34)33-12-11-32-25)24(30)19-7-9-31-10-8-19/h3-10,13-14,16,23,30H,11-12,15H2,1-2H3,(H,33,34). The molecule has 0 radical (unpaired) electrons. The van der Waals surface area contributed by atoms with Crippen molar-refractivity contribution in [2.45, 2.75) is 32.3 Å². The fraction of sp³-hybridized carbons (Fsp3) is 0.259. The molecule has 35 heavy (non-hydrogen) atoms.